The van der Waals surface area contributed by atoms with E-state index in [1.807, 2.05) is 36.4 Å². The molecule has 1 heterocycles. The van der Waals surface area contributed by atoms with Gasteiger partial charge in [-0.25, -0.2) is 9.59 Å². The highest BCUT2D eigenvalue weighted by molar-refractivity contribution is 6.14. The fraction of sp³-hybridized carbons (Fsp3) is 0.130. The molecular formula is C23H18O5. The summed E-state index contributed by atoms with van der Waals surface area (Å²) in [6, 6.07) is 19.5. The van der Waals surface area contributed by atoms with Gasteiger partial charge in [-0.3, -0.25) is 0 Å². The van der Waals surface area contributed by atoms with Gasteiger partial charge in [-0.15, -0.1) is 0 Å². The zero-order chi connectivity index (χ0) is 19.9. The molecule has 0 saturated carbocycles. The van der Waals surface area contributed by atoms with Gasteiger partial charge in [0.05, 0.1) is 11.1 Å². The van der Waals surface area contributed by atoms with Crippen molar-refractivity contribution in [3.05, 3.63) is 89.0 Å². The largest absolute Gasteiger partial charge is 0.508 e. The highest BCUT2D eigenvalue weighted by atomic mass is 16.6. The molecular weight excluding hydrogens is 356 g/mol. The van der Waals surface area contributed by atoms with Crippen molar-refractivity contribution in [3.63, 3.8) is 0 Å². The molecule has 0 bridgehead atoms. The summed E-state index contributed by atoms with van der Waals surface area (Å²) in [4.78, 5) is 23.2. The lowest BCUT2D eigenvalue weighted by Crippen LogP contribution is -2.18. The standard InChI is InChI=1S/C23H18O5/c1-23(2,14-3-7-16(24)8-4-14)15-5-9-17(10-6-15)27-18-11-12-19-20(13-18)22(26)28-21(19)25/h3-13,24H,1-2H3. The second kappa shape index (κ2) is 6.53. The van der Waals surface area contributed by atoms with Crippen LogP contribution in [-0.2, 0) is 10.2 Å². The number of hydrogen-bond acceptors (Lipinski definition) is 5. The Morgan fingerprint density at radius 1 is 0.750 bits per heavy atom. The van der Waals surface area contributed by atoms with Gasteiger partial charge in [0.2, 0.25) is 0 Å². The molecule has 5 heteroatoms. The van der Waals surface area contributed by atoms with Crippen molar-refractivity contribution in [2.24, 2.45) is 0 Å². The number of carbonyl (C=O) groups excluding carboxylic acids is 2. The molecule has 0 fully saturated rings. The molecule has 0 saturated heterocycles. The number of rotatable bonds is 4. The maximum Gasteiger partial charge on any atom is 0.347 e. The minimum absolute atomic E-state index is 0.215. The van der Waals surface area contributed by atoms with Crippen LogP contribution in [0.1, 0.15) is 45.7 Å². The summed E-state index contributed by atoms with van der Waals surface area (Å²) in [7, 11) is 0. The SMILES string of the molecule is CC(C)(c1ccc(O)cc1)c1ccc(Oc2ccc3c(c2)C(=O)OC3=O)cc1. The van der Waals surface area contributed by atoms with E-state index in [1.54, 1.807) is 18.2 Å². The Bertz CT molecular complexity index is 1060. The summed E-state index contributed by atoms with van der Waals surface area (Å²) < 4.78 is 10.4. The van der Waals surface area contributed by atoms with Crippen LogP contribution in [0.25, 0.3) is 0 Å². The number of cyclic esters (lactones) is 2. The number of phenolic OH excluding ortho intramolecular Hbond substituents is 1. The maximum atomic E-state index is 11.7. The quantitative estimate of drug-likeness (QED) is 0.523. The van der Waals surface area contributed by atoms with Crippen molar-refractivity contribution in [2.75, 3.05) is 0 Å². The molecule has 1 aliphatic rings. The minimum atomic E-state index is -0.656. The van der Waals surface area contributed by atoms with Crippen LogP contribution in [0.2, 0.25) is 0 Å². The molecule has 0 aliphatic carbocycles. The van der Waals surface area contributed by atoms with Crippen molar-refractivity contribution in [3.8, 4) is 17.2 Å². The summed E-state index contributed by atoms with van der Waals surface area (Å²) >= 11 is 0. The predicted octanol–water partition coefficient (Wildman–Crippen LogP) is 4.82. The van der Waals surface area contributed by atoms with Gasteiger partial charge in [0, 0.05) is 5.41 Å². The average Bonchev–Trinajstić information content (AvgIpc) is 2.96. The molecule has 0 atom stereocenters. The molecule has 28 heavy (non-hydrogen) atoms. The Balaban J connectivity index is 1.56. The number of ether oxygens (including phenoxy) is 2. The van der Waals surface area contributed by atoms with Gasteiger partial charge in [-0.2, -0.15) is 0 Å². The fourth-order valence-electron chi connectivity index (χ4n) is 3.25. The van der Waals surface area contributed by atoms with Gasteiger partial charge in [0.25, 0.3) is 0 Å². The van der Waals surface area contributed by atoms with Crippen molar-refractivity contribution in [1.82, 2.24) is 0 Å². The lowest BCUT2D eigenvalue weighted by molar-refractivity contribution is 0.0443. The maximum absolute atomic E-state index is 11.7. The van der Waals surface area contributed by atoms with Crippen LogP contribution >= 0.6 is 0 Å². The molecule has 0 aromatic heterocycles. The number of aromatic hydroxyl groups is 1. The number of benzene rings is 3. The Morgan fingerprint density at radius 2 is 1.29 bits per heavy atom. The van der Waals surface area contributed by atoms with Gasteiger partial charge < -0.3 is 14.6 Å². The number of esters is 2. The van der Waals surface area contributed by atoms with E-state index < -0.39 is 11.9 Å². The molecule has 5 nitrogen and oxygen atoms in total. The molecule has 0 unspecified atom stereocenters. The monoisotopic (exact) mass is 374 g/mol. The van der Waals surface area contributed by atoms with Crippen LogP contribution in [-0.4, -0.2) is 17.0 Å². The Labute approximate surface area is 162 Å². The Morgan fingerprint density at radius 3 is 1.93 bits per heavy atom. The van der Waals surface area contributed by atoms with E-state index in [0.29, 0.717) is 11.5 Å². The fourth-order valence-corrected chi connectivity index (χ4v) is 3.25. The molecule has 0 radical (unpaired) electrons. The summed E-state index contributed by atoms with van der Waals surface area (Å²) in [6.45, 7) is 4.22. The number of fused-ring (bicyclic) bond motifs is 1. The molecule has 3 aromatic rings. The first kappa shape index (κ1) is 17.8. The van der Waals surface area contributed by atoms with E-state index >= 15 is 0 Å². The van der Waals surface area contributed by atoms with E-state index in [2.05, 4.69) is 18.6 Å². The van der Waals surface area contributed by atoms with Gasteiger partial charge in [0.1, 0.15) is 17.2 Å². The van der Waals surface area contributed by atoms with E-state index in [4.69, 9.17) is 4.74 Å². The average molecular weight is 374 g/mol. The molecule has 140 valence electrons. The Kier molecular flexibility index (Phi) is 4.15. The van der Waals surface area contributed by atoms with Crippen LogP contribution < -0.4 is 4.74 Å². The molecule has 4 rings (SSSR count). The summed E-state index contributed by atoms with van der Waals surface area (Å²) in [5.74, 6) is 0.0193. The van der Waals surface area contributed by atoms with Gasteiger partial charge in [-0.05, 0) is 53.6 Å². The first-order chi connectivity index (χ1) is 13.3. The third-order valence-corrected chi connectivity index (χ3v) is 5.02. The number of phenols is 1. The third kappa shape index (κ3) is 3.11. The third-order valence-electron chi connectivity index (χ3n) is 5.02. The zero-order valence-electron chi connectivity index (χ0n) is 15.4. The number of carbonyl (C=O) groups is 2. The lowest BCUT2D eigenvalue weighted by Gasteiger charge is -2.26. The Hall–Kier alpha value is -3.60. The molecule has 0 amide bonds. The van der Waals surface area contributed by atoms with Crippen molar-refractivity contribution in [2.45, 2.75) is 19.3 Å². The second-order valence-corrected chi connectivity index (χ2v) is 7.18. The first-order valence-corrected chi connectivity index (χ1v) is 8.83. The normalized spacial score (nSPS) is 13.2. The predicted molar refractivity (Wildman–Crippen MR) is 103 cm³/mol. The highest BCUT2D eigenvalue weighted by Crippen LogP contribution is 2.34. The minimum Gasteiger partial charge on any atom is -0.508 e. The molecule has 0 spiro atoms. The highest BCUT2D eigenvalue weighted by Gasteiger charge is 2.30. The van der Waals surface area contributed by atoms with E-state index in [9.17, 15) is 14.7 Å². The molecule has 3 aromatic carbocycles. The first-order valence-electron chi connectivity index (χ1n) is 8.83. The van der Waals surface area contributed by atoms with E-state index in [1.165, 1.54) is 12.1 Å². The van der Waals surface area contributed by atoms with Gasteiger partial charge in [0.15, 0.2) is 0 Å². The summed E-state index contributed by atoms with van der Waals surface area (Å²) in [5, 5.41) is 9.49. The van der Waals surface area contributed by atoms with Gasteiger partial charge in [-0.1, -0.05) is 38.1 Å². The zero-order valence-corrected chi connectivity index (χ0v) is 15.4. The lowest BCUT2D eigenvalue weighted by atomic mass is 9.78. The van der Waals surface area contributed by atoms with Gasteiger partial charge >= 0.3 is 11.9 Å². The van der Waals surface area contributed by atoms with Crippen molar-refractivity contribution < 1.29 is 24.2 Å². The summed E-state index contributed by atoms with van der Waals surface area (Å²) in [6.07, 6.45) is 0. The van der Waals surface area contributed by atoms with Crippen molar-refractivity contribution >= 4 is 11.9 Å². The van der Waals surface area contributed by atoms with E-state index in [-0.39, 0.29) is 22.3 Å². The topological polar surface area (TPSA) is 72.8 Å². The number of hydrogen-bond donors (Lipinski definition) is 1. The van der Waals surface area contributed by atoms with E-state index in [0.717, 1.165) is 11.1 Å². The van der Waals surface area contributed by atoms with Crippen LogP contribution in [0.5, 0.6) is 17.2 Å². The van der Waals surface area contributed by atoms with Crippen LogP contribution in [0.15, 0.2) is 66.7 Å². The molecule has 1 aliphatic heterocycles. The summed E-state index contributed by atoms with van der Waals surface area (Å²) in [5.41, 5.74) is 2.40. The van der Waals surface area contributed by atoms with Crippen LogP contribution in [0.3, 0.4) is 0 Å². The van der Waals surface area contributed by atoms with Crippen molar-refractivity contribution in [1.29, 1.82) is 0 Å². The second-order valence-electron chi connectivity index (χ2n) is 7.18. The van der Waals surface area contributed by atoms with Crippen LogP contribution in [0, 0.1) is 0 Å². The van der Waals surface area contributed by atoms with Crippen LogP contribution in [0.4, 0.5) is 0 Å². The smallest absolute Gasteiger partial charge is 0.347 e. The molecule has 1 N–H and O–H groups in total.